The first-order chi connectivity index (χ1) is 11.2. The van der Waals surface area contributed by atoms with Crippen molar-refractivity contribution in [2.45, 2.75) is 6.42 Å². The summed E-state index contributed by atoms with van der Waals surface area (Å²) in [4.78, 5) is 16.2. The molecule has 23 heavy (non-hydrogen) atoms. The van der Waals surface area contributed by atoms with Crippen LogP contribution in [0.25, 0.3) is 0 Å². The van der Waals surface area contributed by atoms with Gasteiger partial charge in [0.25, 0.3) is 5.91 Å². The van der Waals surface area contributed by atoms with Gasteiger partial charge in [0.15, 0.2) is 5.17 Å². The molecule has 0 radical (unpaired) electrons. The number of ether oxygens (including phenoxy) is 1. The highest BCUT2D eigenvalue weighted by Crippen LogP contribution is 2.11. The molecule has 0 aliphatic carbocycles. The van der Waals surface area contributed by atoms with Gasteiger partial charge in [-0.1, -0.05) is 23.9 Å². The number of hydrogen-bond acceptors (Lipinski definition) is 6. The molecule has 1 heterocycles. The van der Waals surface area contributed by atoms with Crippen molar-refractivity contribution >= 4 is 22.8 Å². The van der Waals surface area contributed by atoms with Crippen LogP contribution < -0.4 is 15.4 Å². The lowest BCUT2D eigenvalue weighted by Gasteiger charge is -2.06. The third-order valence-electron chi connectivity index (χ3n) is 3.15. The van der Waals surface area contributed by atoms with Crippen LogP contribution in [0.2, 0.25) is 0 Å². The minimum absolute atomic E-state index is 0.0370. The van der Waals surface area contributed by atoms with Crippen LogP contribution in [-0.2, 0) is 11.2 Å². The maximum Gasteiger partial charge on any atom is 0.263 e. The van der Waals surface area contributed by atoms with Crippen molar-refractivity contribution < 1.29 is 9.53 Å². The molecule has 0 saturated heterocycles. The number of amidine groups is 1. The molecule has 1 aliphatic heterocycles. The number of nitrogens with one attached hydrogen (secondary N) is 2. The third-order valence-corrected chi connectivity index (χ3v) is 4.06. The number of aliphatic imine (C=N–C) groups is 1. The fourth-order valence-corrected chi connectivity index (χ4v) is 2.61. The second-order valence-electron chi connectivity index (χ2n) is 4.70. The number of nitrogens with zero attached hydrogens (tertiary/aromatic N) is 2. The van der Waals surface area contributed by atoms with Crippen molar-refractivity contribution in [2.75, 3.05) is 26.0 Å². The molecular weight excluding hydrogens is 312 g/mol. The van der Waals surface area contributed by atoms with E-state index in [2.05, 4.69) is 15.6 Å². The summed E-state index contributed by atoms with van der Waals surface area (Å²) in [5.41, 5.74) is 1.12. The lowest BCUT2D eigenvalue weighted by atomic mass is 10.1. The maximum atomic E-state index is 12.0. The van der Waals surface area contributed by atoms with Gasteiger partial charge in [0, 0.05) is 18.5 Å². The molecule has 1 aromatic carbocycles. The van der Waals surface area contributed by atoms with E-state index in [0.717, 1.165) is 28.8 Å². The first kappa shape index (κ1) is 16.9. The van der Waals surface area contributed by atoms with Crippen molar-refractivity contribution in [1.82, 2.24) is 10.6 Å². The fraction of sp³-hybridized carbons (Fsp3) is 0.312. The average Bonchev–Trinajstić information content (AvgIpc) is 3.09. The van der Waals surface area contributed by atoms with Crippen LogP contribution in [0.3, 0.4) is 0 Å². The number of nitriles is 1. The predicted molar refractivity (Wildman–Crippen MR) is 91.3 cm³/mol. The highest BCUT2D eigenvalue weighted by molar-refractivity contribution is 8.14. The second kappa shape index (κ2) is 8.86. The number of rotatable bonds is 6. The minimum Gasteiger partial charge on any atom is -0.497 e. The maximum absolute atomic E-state index is 12.0. The topological polar surface area (TPSA) is 86.5 Å². The van der Waals surface area contributed by atoms with E-state index in [1.165, 1.54) is 6.20 Å². The number of carbonyl (C=O) groups is 1. The molecule has 6 nitrogen and oxygen atoms in total. The van der Waals surface area contributed by atoms with Crippen molar-refractivity contribution in [3.63, 3.8) is 0 Å². The molecule has 0 unspecified atom stereocenters. The Morgan fingerprint density at radius 2 is 2.26 bits per heavy atom. The van der Waals surface area contributed by atoms with Crippen LogP contribution in [0.15, 0.2) is 41.0 Å². The van der Waals surface area contributed by atoms with Gasteiger partial charge in [-0.05, 0) is 24.1 Å². The van der Waals surface area contributed by atoms with Gasteiger partial charge in [-0.2, -0.15) is 5.26 Å². The molecule has 1 aliphatic rings. The zero-order chi connectivity index (χ0) is 16.5. The van der Waals surface area contributed by atoms with E-state index < -0.39 is 5.91 Å². The Hall–Kier alpha value is -2.46. The molecule has 7 heteroatoms. The molecule has 0 bridgehead atoms. The average molecular weight is 330 g/mol. The molecule has 2 N–H and O–H groups in total. The van der Waals surface area contributed by atoms with Crippen molar-refractivity contribution in [3.8, 4) is 11.8 Å². The summed E-state index contributed by atoms with van der Waals surface area (Å²) in [5, 5.41) is 15.4. The van der Waals surface area contributed by atoms with E-state index in [1.807, 2.05) is 30.3 Å². The summed E-state index contributed by atoms with van der Waals surface area (Å²) in [6.45, 7) is 1.22. The number of amides is 1. The molecule has 2 rings (SSSR count). The summed E-state index contributed by atoms with van der Waals surface area (Å²) in [6, 6.07) is 9.54. The minimum atomic E-state index is -0.392. The van der Waals surface area contributed by atoms with Crippen LogP contribution in [0.1, 0.15) is 5.56 Å². The molecule has 1 amide bonds. The first-order valence-corrected chi connectivity index (χ1v) is 8.16. The summed E-state index contributed by atoms with van der Waals surface area (Å²) >= 11 is 1.57. The Bertz CT molecular complexity index is 647. The van der Waals surface area contributed by atoms with Crippen LogP contribution in [0.5, 0.6) is 5.75 Å². The van der Waals surface area contributed by atoms with Crippen molar-refractivity contribution in [1.29, 1.82) is 5.26 Å². The Balaban J connectivity index is 1.79. The normalized spacial score (nSPS) is 13.9. The monoisotopic (exact) mass is 330 g/mol. The predicted octanol–water partition coefficient (Wildman–Crippen LogP) is 1.45. The Kier molecular flexibility index (Phi) is 6.51. The highest BCUT2D eigenvalue weighted by atomic mass is 32.2. The Morgan fingerprint density at radius 1 is 1.48 bits per heavy atom. The summed E-state index contributed by atoms with van der Waals surface area (Å²) in [7, 11) is 1.62. The summed E-state index contributed by atoms with van der Waals surface area (Å²) in [5.74, 6) is 1.33. The van der Waals surface area contributed by atoms with Gasteiger partial charge in [0.05, 0.1) is 13.7 Å². The Labute approximate surface area is 139 Å². The fourth-order valence-electron chi connectivity index (χ4n) is 1.91. The lowest BCUT2D eigenvalue weighted by molar-refractivity contribution is -0.117. The van der Waals surface area contributed by atoms with Gasteiger partial charge >= 0.3 is 0 Å². The standard InChI is InChI=1S/C16H18N4O2S/c1-22-14-4-2-12(3-5-14)6-7-18-15(21)13(10-17)11-20-16-19-8-9-23-16/h2-5,11H,6-9H2,1H3,(H,18,21)(H,19,20)/b13-11-. The number of benzene rings is 1. The van der Waals surface area contributed by atoms with E-state index in [4.69, 9.17) is 10.00 Å². The smallest absolute Gasteiger partial charge is 0.263 e. The number of methoxy groups -OCH3 is 1. The van der Waals surface area contributed by atoms with Gasteiger partial charge in [-0.3, -0.25) is 9.79 Å². The van der Waals surface area contributed by atoms with E-state index in [-0.39, 0.29) is 5.57 Å². The summed E-state index contributed by atoms with van der Waals surface area (Å²) in [6.07, 6.45) is 2.09. The number of thioether (sulfide) groups is 1. The second-order valence-corrected chi connectivity index (χ2v) is 5.79. The largest absolute Gasteiger partial charge is 0.497 e. The number of carbonyl (C=O) groups excluding carboxylic acids is 1. The third kappa shape index (κ3) is 5.34. The zero-order valence-corrected chi connectivity index (χ0v) is 13.7. The number of hydrogen-bond donors (Lipinski definition) is 2. The van der Waals surface area contributed by atoms with Crippen LogP contribution in [-0.4, -0.2) is 37.0 Å². The van der Waals surface area contributed by atoms with Gasteiger partial charge < -0.3 is 15.4 Å². The highest BCUT2D eigenvalue weighted by Gasteiger charge is 2.10. The van der Waals surface area contributed by atoms with Crippen LogP contribution in [0.4, 0.5) is 0 Å². The van der Waals surface area contributed by atoms with Gasteiger partial charge in [-0.25, -0.2) is 0 Å². The molecule has 0 spiro atoms. The summed E-state index contributed by atoms with van der Waals surface area (Å²) < 4.78 is 5.10. The first-order valence-electron chi connectivity index (χ1n) is 7.18. The quantitative estimate of drug-likeness (QED) is 0.609. The van der Waals surface area contributed by atoms with E-state index in [9.17, 15) is 4.79 Å². The molecule has 0 fully saturated rings. The zero-order valence-electron chi connectivity index (χ0n) is 12.8. The van der Waals surface area contributed by atoms with Crippen molar-refractivity contribution in [3.05, 3.63) is 41.6 Å². The van der Waals surface area contributed by atoms with E-state index in [0.29, 0.717) is 13.0 Å². The van der Waals surface area contributed by atoms with Crippen molar-refractivity contribution in [2.24, 2.45) is 4.99 Å². The Morgan fingerprint density at radius 3 is 2.87 bits per heavy atom. The SMILES string of the molecule is COc1ccc(CCNC(=O)/C(C#N)=C\NC2=NCCS2)cc1. The molecule has 120 valence electrons. The molecular formula is C16H18N4O2S. The van der Waals surface area contributed by atoms with Gasteiger partial charge in [0.1, 0.15) is 17.4 Å². The van der Waals surface area contributed by atoms with Gasteiger partial charge in [0.2, 0.25) is 0 Å². The molecule has 0 atom stereocenters. The lowest BCUT2D eigenvalue weighted by Crippen LogP contribution is -2.28. The molecule has 1 aromatic rings. The van der Waals surface area contributed by atoms with Crippen LogP contribution in [0, 0.1) is 11.3 Å². The van der Waals surface area contributed by atoms with E-state index >= 15 is 0 Å². The van der Waals surface area contributed by atoms with E-state index in [1.54, 1.807) is 18.9 Å². The van der Waals surface area contributed by atoms with Crippen LogP contribution >= 0.6 is 11.8 Å². The molecule has 0 saturated carbocycles. The van der Waals surface area contributed by atoms with Gasteiger partial charge in [-0.15, -0.1) is 0 Å². The molecule has 0 aromatic heterocycles.